The summed E-state index contributed by atoms with van der Waals surface area (Å²) in [7, 11) is 0. The van der Waals surface area contributed by atoms with E-state index >= 15 is 0 Å². The molecule has 1 N–H and O–H groups in total. The molecule has 6 heteroatoms. The Bertz CT molecular complexity index is 333. The summed E-state index contributed by atoms with van der Waals surface area (Å²) in [5.74, 6) is -1.22. The van der Waals surface area contributed by atoms with Crippen LogP contribution in [0.15, 0.2) is 6.20 Å². The quantitative estimate of drug-likeness (QED) is 0.633. The minimum Gasteiger partial charge on any atom is -0.392 e. The van der Waals surface area contributed by atoms with E-state index in [0.717, 1.165) is 0 Å². The van der Waals surface area contributed by atoms with Gasteiger partial charge in [0.25, 0.3) is 6.43 Å². The highest BCUT2D eigenvalue weighted by Crippen LogP contribution is 2.26. The highest BCUT2D eigenvalue weighted by Gasteiger charge is 2.19. The third-order valence-electron chi connectivity index (χ3n) is 1.81. The van der Waals surface area contributed by atoms with Gasteiger partial charge in [0.05, 0.1) is 12.5 Å². The zero-order chi connectivity index (χ0) is 10.7. The maximum absolute atomic E-state index is 12.9. The van der Waals surface area contributed by atoms with Gasteiger partial charge in [-0.3, -0.25) is 0 Å². The number of nitrogens with zero attached hydrogens (tertiary/aromatic N) is 1. The molecule has 0 unspecified atom stereocenters. The number of aliphatic hydroxyl groups is 1. The normalized spacial score (nSPS) is 11.0. The Morgan fingerprint density at radius 3 is 2.50 bits per heavy atom. The number of pyridine rings is 1. The molecule has 1 heterocycles. The summed E-state index contributed by atoms with van der Waals surface area (Å²) in [5, 5.41) is 8.82. The van der Waals surface area contributed by atoms with Crippen molar-refractivity contribution < 1.29 is 18.3 Å². The van der Waals surface area contributed by atoms with Gasteiger partial charge in [0, 0.05) is 17.3 Å². The Labute approximate surface area is 83.3 Å². The van der Waals surface area contributed by atoms with Crippen LogP contribution < -0.4 is 0 Å². The van der Waals surface area contributed by atoms with Crippen molar-refractivity contribution in [1.82, 2.24) is 4.98 Å². The van der Waals surface area contributed by atoms with Crippen molar-refractivity contribution in [3.05, 3.63) is 28.8 Å². The Morgan fingerprint density at radius 2 is 2.07 bits per heavy atom. The number of halogens is 4. The Balaban J connectivity index is 3.33. The first-order valence-corrected chi connectivity index (χ1v) is 4.26. The largest absolute Gasteiger partial charge is 0.392 e. The van der Waals surface area contributed by atoms with Gasteiger partial charge in [0.1, 0.15) is 0 Å². The second kappa shape index (κ2) is 4.61. The maximum atomic E-state index is 12.9. The molecule has 14 heavy (non-hydrogen) atoms. The minimum absolute atomic E-state index is 0.174. The summed E-state index contributed by atoms with van der Waals surface area (Å²) < 4.78 is 37.6. The third kappa shape index (κ3) is 1.99. The predicted octanol–water partition coefficient (Wildman–Crippen LogP) is 2.39. The first kappa shape index (κ1) is 11.3. The van der Waals surface area contributed by atoms with E-state index in [2.05, 4.69) is 4.98 Å². The van der Waals surface area contributed by atoms with E-state index in [1.807, 2.05) is 0 Å². The molecule has 0 atom stereocenters. The molecule has 0 fully saturated rings. The van der Waals surface area contributed by atoms with Gasteiger partial charge in [-0.1, -0.05) is 0 Å². The molecule has 0 aromatic carbocycles. The molecule has 0 bridgehead atoms. The minimum atomic E-state index is -2.80. The zero-order valence-corrected chi connectivity index (χ0v) is 7.73. The fourth-order valence-electron chi connectivity index (χ4n) is 1.09. The average Bonchev–Trinajstić information content (AvgIpc) is 2.16. The summed E-state index contributed by atoms with van der Waals surface area (Å²) in [6.07, 6.45) is -2.09. The van der Waals surface area contributed by atoms with Gasteiger partial charge in [-0.15, -0.1) is 11.6 Å². The topological polar surface area (TPSA) is 33.1 Å². The average molecular weight is 226 g/mol. The van der Waals surface area contributed by atoms with Crippen molar-refractivity contribution in [3.63, 3.8) is 0 Å². The molecule has 0 aliphatic rings. The maximum Gasteiger partial charge on any atom is 0.265 e. The molecule has 0 aliphatic carbocycles. The van der Waals surface area contributed by atoms with E-state index in [-0.39, 0.29) is 17.0 Å². The smallest absolute Gasteiger partial charge is 0.265 e. The summed E-state index contributed by atoms with van der Waals surface area (Å²) in [6, 6.07) is 0. The van der Waals surface area contributed by atoms with Crippen LogP contribution in [0.1, 0.15) is 23.1 Å². The Kier molecular flexibility index (Phi) is 3.71. The van der Waals surface area contributed by atoms with Crippen LogP contribution in [-0.2, 0) is 12.5 Å². The number of rotatable bonds is 3. The zero-order valence-electron chi connectivity index (χ0n) is 6.98. The molecule has 0 saturated heterocycles. The number of aliphatic hydroxyl groups excluding tert-OH is 1. The van der Waals surface area contributed by atoms with Crippen LogP contribution in [0.3, 0.4) is 0 Å². The number of hydrogen-bond donors (Lipinski definition) is 1. The van der Waals surface area contributed by atoms with Gasteiger partial charge < -0.3 is 5.11 Å². The lowest BCUT2D eigenvalue weighted by atomic mass is 10.1. The molecular weight excluding hydrogens is 219 g/mol. The molecule has 1 rings (SSSR count). The SMILES string of the molecule is OCc1c(C(F)F)cnc(F)c1CCl. The summed E-state index contributed by atoms with van der Waals surface area (Å²) in [4.78, 5) is 3.14. The van der Waals surface area contributed by atoms with Gasteiger partial charge in [-0.2, -0.15) is 4.39 Å². The fourth-order valence-corrected chi connectivity index (χ4v) is 1.36. The van der Waals surface area contributed by atoms with E-state index in [9.17, 15) is 13.2 Å². The van der Waals surface area contributed by atoms with Crippen molar-refractivity contribution in [1.29, 1.82) is 0 Å². The molecular formula is C8H7ClF3NO. The molecule has 0 amide bonds. The van der Waals surface area contributed by atoms with Gasteiger partial charge >= 0.3 is 0 Å². The van der Waals surface area contributed by atoms with Crippen molar-refractivity contribution in [2.24, 2.45) is 0 Å². The van der Waals surface area contributed by atoms with Crippen LogP contribution >= 0.6 is 11.6 Å². The van der Waals surface area contributed by atoms with Gasteiger partial charge in [0.2, 0.25) is 5.95 Å². The monoisotopic (exact) mass is 225 g/mol. The second-order valence-electron chi connectivity index (χ2n) is 2.55. The van der Waals surface area contributed by atoms with E-state index in [0.29, 0.717) is 6.20 Å². The van der Waals surface area contributed by atoms with Gasteiger partial charge in [0.15, 0.2) is 0 Å². The van der Waals surface area contributed by atoms with E-state index in [1.54, 1.807) is 0 Å². The lowest BCUT2D eigenvalue weighted by molar-refractivity contribution is 0.146. The highest BCUT2D eigenvalue weighted by molar-refractivity contribution is 6.17. The van der Waals surface area contributed by atoms with Crippen molar-refractivity contribution in [3.8, 4) is 0 Å². The Morgan fingerprint density at radius 1 is 1.43 bits per heavy atom. The Hall–Kier alpha value is -0.810. The first-order chi connectivity index (χ1) is 6.61. The standard InChI is InChI=1S/C8H7ClF3NO/c9-1-4-6(3-14)5(7(10)11)2-13-8(4)12/h2,7,14H,1,3H2. The molecule has 0 radical (unpaired) electrons. The molecule has 2 nitrogen and oxygen atoms in total. The van der Waals surface area contributed by atoms with Crippen molar-refractivity contribution in [2.45, 2.75) is 18.9 Å². The van der Waals surface area contributed by atoms with Crippen molar-refractivity contribution >= 4 is 11.6 Å². The van der Waals surface area contributed by atoms with Crippen LogP contribution in [0.25, 0.3) is 0 Å². The molecule has 1 aromatic heterocycles. The van der Waals surface area contributed by atoms with Crippen molar-refractivity contribution in [2.75, 3.05) is 0 Å². The van der Waals surface area contributed by atoms with Crippen LogP contribution in [-0.4, -0.2) is 10.1 Å². The fraction of sp³-hybridized carbons (Fsp3) is 0.375. The predicted molar refractivity (Wildman–Crippen MR) is 44.6 cm³/mol. The lowest BCUT2D eigenvalue weighted by Crippen LogP contribution is -2.04. The molecule has 78 valence electrons. The van der Waals surface area contributed by atoms with Gasteiger partial charge in [-0.05, 0) is 5.56 Å². The number of alkyl halides is 3. The van der Waals surface area contributed by atoms with Crippen LogP contribution in [0.5, 0.6) is 0 Å². The van der Waals surface area contributed by atoms with Crippen LogP contribution in [0.4, 0.5) is 13.2 Å². The van der Waals surface area contributed by atoms with E-state index in [1.165, 1.54) is 0 Å². The second-order valence-corrected chi connectivity index (χ2v) is 2.82. The van der Waals surface area contributed by atoms with E-state index < -0.39 is 24.5 Å². The van der Waals surface area contributed by atoms with Crippen LogP contribution in [0, 0.1) is 5.95 Å². The summed E-state index contributed by atoms with van der Waals surface area (Å²) >= 11 is 5.36. The van der Waals surface area contributed by atoms with Gasteiger partial charge in [-0.25, -0.2) is 13.8 Å². The summed E-state index contributed by atoms with van der Waals surface area (Å²) in [5.41, 5.74) is -0.834. The lowest BCUT2D eigenvalue weighted by Gasteiger charge is -2.10. The number of hydrogen-bond acceptors (Lipinski definition) is 2. The summed E-state index contributed by atoms with van der Waals surface area (Å²) in [6.45, 7) is -0.679. The molecule has 1 aromatic rings. The third-order valence-corrected chi connectivity index (χ3v) is 2.07. The first-order valence-electron chi connectivity index (χ1n) is 3.73. The van der Waals surface area contributed by atoms with E-state index in [4.69, 9.17) is 16.7 Å². The molecule has 0 aliphatic heterocycles. The highest BCUT2D eigenvalue weighted by atomic mass is 35.5. The molecule has 0 saturated carbocycles. The molecule has 0 spiro atoms. The number of aromatic nitrogens is 1. The van der Waals surface area contributed by atoms with Crippen LogP contribution in [0.2, 0.25) is 0 Å².